The molecule has 0 radical (unpaired) electrons. The molecule has 27 heavy (non-hydrogen) atoms. The third-order valence-electron chi connectivity index (χ3n) is 4.25. The third kappa shape index (κ3) is 4.65. The first-order valence-electron chi connectivity index (χ1n) is 8.56. The molecule has 1 unspecified atom stereocenters. The van der Waals surface area contributed by atoms with E-state index < -0.39 is 4.92 Å². The van der Waals surface area contributed by atoms with Crippen molar-refractivity contribution >= 4 is 40.6 Å². The van der Waals surface area contributed by atoms with Crippen molar-refractivity contribution in [3.8, 4) is 0 Å². The number of thioether (sulfide) groups is 1. The fourth-order valence-corrected chi connectivity index (χ4v) is 3.66. The molecular weight excluding hydrogens is 366 g/mol. The molecule has 3 rings (SSSR count). The molecule has 8 heteroatoms. The van der Waals surface area contributed by atoms with Crippen molar-refractivity contribution in [3.05, 3.63) is 58.6 Å². The van der Waals surface area contributed by atoms with Gasteiger partial charge in [0.15, 0.2) is 0 Å². The number of anilines is 2. The van der Waals surface area contributed by atoms with Gasteiger partial charge >= 0.3 is 0 Å². The summed E-state index contributed by atoms with van der Waals surface area (Å²) >= 11 is 1.33. The Bertz CT molecular complexity index is 852. The Labute approximate surface area is 160 Å². The van der Waals surface area contributed by atoms with Crippen molar-refractivity contribution < 1.29 is 14.5 Å². The van der Waals surface area contributed by atoms with E-state index in [4.69, 9.17) is 0 Å². The van der Waals surface area contributed by atoms with E-state index in [2.05, 4.69) is 5.32 Å². The number of nitrogens with zero attached hydrogens (tertiary/aromatic N) is 2. The van der Waals surface area contributed by atoms with Crippen LogP contribution in [-0.4, -0.2) is 28.5 Å². The molecule has 2 aromatic carbocycles. The summed E-state index contributed by atoms with van der Waals surface area (Å²) in [6, 6.07) is 13.3. The summed E-state index contributed by atoms with van der Waals surface area (Å²) in [5, 5.41) is 13.2. The lowest BCUT2D eigenvalue weighted by molar-refractivity contribution is -0.384. The minimum absolute atomic E-state index is 0.0213. The van der Waals surface area contributed by atoms with Gasteiger partial charge < -0.3 is 10.2 Å². The highest BCUT2D eigenvalue weighted by Crippen LogP contribution is 2.27. The van der Waals surface area contributed by atoms with Gasteiger partial charge in [-0.15, -0.1) is 11.8 Å². The van der Waals surface area contributed by atoms with E-state index in [0.29, 0.717) is 12.1 Å². The number of hydrogen-bond acceptors (Lipinski definition) is 5. The van der Waals surface area contributed by atoms with E-state index in [1.165, 1.54) is 23.9 Å². The number of nitro groups is 1. The van der Waals surface area contributed by atoms with Gasteiger partial charge in [-0.3, -0.25) is 19.7 Å². The molecule has 1 saturated heterocycles. The molecule has 0 aliphatic carbocycles. The predicted octanol–water partition coefficient (Wildman–Crippen LogP) is 3.84. The molecule has 0 bridgehead atoms. The Hall–Kier alpha value is -2.87. The number of nitrogens with one attached hydrogen (secondary N) is 1. The lowest BCUT2D eigenvalue weighted by Crippen LogP contribution is -2.24. The van der Waals surface area contributed by atoms with Crippen molar-refractivity contribution in [2.24, 2.45) is 0 Å². The molecule has 1 heterocycles. The molecule has 1 N–H and O–H groups in total. The second-order valence-corrected chi connectivity index (χ2v) is 7.61. The Kier molecular flexibility index (Phi) is 5.75. The van der Waals surface area contributed by atoms with Gasteiger partial charge in [0.2, 0.25) is 11.8 Å². The smallest absolute Gasteiger partial charge is 0.269 e. The van der Waals surface area contributed by atoms with Gasteiger partial charge in [-0.1, -0.05) is 0 Å². The molecular formula is C19H19N3O4S. The number of carbonyl (C=O) groups excluding carboxylic acids is 2. The van der Waals surface area contributed by atoms with Crippen LogP contribution in [0.15, 0.2) is 53.4 Å². The molecule has 1 atom stereocenters. The monoisotopic (exact) mass is 385 g/mol. The highest BCUT2D eigenvalue weighted by atomic mass is 32.2. The zero-order chi connectivity index (χ0) is 19.4. The van der Waals surface area contributed by atoms with E-state index in [9.17, 15) is 19.7 Å². The van der Waals surface area contributed by atoms with Crippen LogP contribution in [0.1, 0.15) is 19.8 Å². The van der Waals surface area contributed by atoms with Gasteiger partial charge in [0, 0.05) is 41.4 Å². The maximum absolute atomic E-state index is 12.4. The molecule has 0 aromatic heterocycles. The van der Waals surface area contributed by atoms with Crippen molar-refractivity contribution in [1.82, 2.24) is 0 Å². The molecule has 140 valence electrons. The molecule has 1 fully saturated rings. The van der Waals surface area contributed by atoms with E-state index >= 15 is 0 Å². The summed E-state index contributed by atoms with van der Waals surface area (Å²) in [6.07, 6.45) is 1.45. The van der Waals surface area contributed by atoms with Gasteiger partial charge in [-0.25, -0.2) is 0 Å². The van der Waals surface area contributed by atoms with E-state index in [0.717, 1.165) is 23.5 Å². The van der Waals surface area contributed by atoms with Crippen LogP contribution in [-0.2, 0) is 9.59 Å². The van der Waals surface area contributed by atoms with E-state index in [1.54, 1.807) is 36.1 Å². The number of amides is 2. The third-order valence-corrected chi connectivity index (χ3v) is 5.36. The zero-order valence-electron chi connectivity index (χ0n) is 14.8. The number of non-ortho nitro benzene ring substituents is 1. The minimum Gasteiger partial charge on any atom is -0.325 e. The number of benzene rings is 2. The van der Waals surface area contributed by atoms with Gasteiger partial charge in [0.25, 0.3) is 5.69 Å². The molecule has 2 amide bonds. The van der Waals surface area contributed by atoms with Gasteiger partial charge in [0.05, 0.1) is 10.2 Å². The average Bonchev–Trinajstić information content (AvgIpc) is 3.08. The Morgan fingerprint density at radius 3 is 2.41 bits per heavy atom. The molecule has 2 aromatic rings. The van der Waals surface area contributed by atoms with E-state index in [1.807, 2.05) is 12.1 Å². The molecule has 1 aliphatic rings. The lowest BCUT2D eigenvalue weighted by Gasteiger charge is -2.16. The van der Waals surface area contributed by atoms with Crippen LogP contribution in [0.3, 0.4) is 0 Å². The van der Waals surface area contributed by atoms with Gasteiger partial charge in [-0.2, -0.15) is 0 Å². The average molecular weight is 385 g/mol. The van der Waals surface area contributed by atoms with E-state index in [-0.39, 0.29) is 22.8 Å². The number of carbonyl (C=O) groups is 2. The maximum Gasteiger partial charge on any atom is 0.269 e. The fraction of sp³-hybridized carbons (Fsp3) is 0.263. The standard InChI is InChI=1S/C19H19N3O4S/c1-13(27-17-10-8-16(9-11-17)22(25)26)19(24)20-14-4-6-15(7-5-14)21-12-2-3-18(21)23/h4-11,13H,2-3,12H2,1H3,(H,20,24). The topological polar surface area (TPSA) is 92.5 Å². The normalized spacial score (nSPS) is 14.9. The molecule has 0 saturated carbocycles. The Morgan fingerprint density at radius 2 is 1.85 bits per heavy atom. The Morgan fingerprint density at radius 1 is 1.19 bits per heavy atom. The van der Waals surface area contributed by atoms with Crippen LogP contribution in [0, 0.1) is 10.1 Å². The van der Waals surface area contributed by atoms with Crippen LogP contribution < -0.4 is 10.2 Å². The van der Waals surface area contributed by atoms with Crippen molar-refractivity contribution in [1.29, 1.82) is 0 Å². The SMILES string of the molecule is CC(Sc1ccc([N+](=O)[O-])cc1)C(=O)Nc1ccc(N2CCCC2=O)cc1. The highest BCUT2D eigenvalue weighted by Gasteiger charge is 2.21. The quantitative estimate of drug-likeness (QED) is 0.463. The maximum atomic E-state index is 12.4. The van der Waals surface area contributed by atoms with Crippen LogP contribution in [0.4, 0.5) is 17.1 Å². The van der Waals surface area contributed by atoms with Crippen LogP contribution in [0.25, 0.3) is 0 Å². The molecule has 0 spiro atoms. The second kappa shape index (κ2) is 8.22. The highest BCUT2D eigenvalue weighted by molar-refractivity contribution is 8.00. The van der Waals surface area contributed by atoms with Crippen molar-refractivity contribution in [3.63, 3.8) is 0 Å². The van der Waals surface area contributed by atoms with Crippen LogP contribution in [0.5, 0.6) is 0 Å². The van der Waals surface area contributed by atoms with Crippen molar-refractivity contribution in [2.45, 2.75) is 29.9 Å². The summed E-state index contributed by atoms with van der Waals surface area (Å²) in [4.78, 5) is 36.9. The molecule has 1 aliphatic heterocycles. The zero-order valence-corrected chi connectivity index (χ0v) is 15.6. The first-order valence-corrected chi connectivity index (χ1v) is 9.44. The fourth-order valence-electron chi connectivity index (χ4n) is 2.79. The van der Waals surface area contributed by atoms with Crippen LogP contribution in [0.2, 0.25) is 0 Å². The summed E-state index contributed by atoms with van der Waals surface area (Å²) < 4.78 is 0. The van der Waals surface area contributed by atoms with Gasteiger partial charge in [-0.05, 0) is 49.7 Å². The van der Waals surface area contributed by atoms with Gasteiger partial charge in [0.1, 0.15) is 0 Å². The largest absolute Gasteiger partial charge is 0.325 e. The summed E-state index contributed by atoms with van der Waals surface area (Å²) in [7, 11) is 0. The number of rotatable bonds is 6. The van der Waals surface area contributed by atoms with Crippen molar-refractivity contribution in [2.75, 3.05) is 16.8 Å². The Balaban J connectivity index is 1.57. The minimum atomic E-state index is -0.454. The number of hydrogen-bond donors (Lipinski definition) is 1. The van der Waals surface area contributed by atoms with Crippen LogP contribution >= 0.6 is 11.8 Å². The first-order chi connectivity index (χ1) is 12.9. The predicted molar refractivity (Wildman–Crippen MR) is 105 cm³/mol. The molecule has 7 nitrogen and oxygen atoms in total. The summed E-state index contributed by atoms with van der Waals surface area (Å²) in [6.45, 7) is 2.51. The number of nitro benzene ring substituents is 1. The summed E-state index contributed by atoms with van der Waals surface area (Å²) in [5.74, 6) is -0.0387. The first kappa shape index (κ1) is 18.9. The summed E-state index contributed by atoms with van der Waals surface area (Å²) in [5.41, 5.74) is 1.52. The second-order valence-electron chi connectivity index (χ2n) is 6.20. The lowest BCUT2D eigenvalue weighted by atomic mass is 10.2.